The number of fused-ring (bicyclic) bond motifs is 1. The zero-order valence-electron chi connectivity index (χ0n) is 20.6. The molecule has 0 bridgehead atoms. The highest BCUT2D eigenvalue weighted by molar-refractivity contribution is 5.97. The molecule has 3 N–H and O–H groups in total. The molecule has 0 saturated carbocycles. The molecule has 0 fully saturated rings. The van der Waals surface area contributed by atoms with Gasteiger partial charge in [0.1, 0.15) is 11.9 Å². The minimum atomic E-state index is -0.998. The summed E-state index contributed by atoms with van der Waals surface area (Å²) in [7, 11) is 0. The maximum absolute atomic E-state index is 12.6. The first-order valence-electron chi connectivity index (χ1n) is 12.9. The number of amides is 1. The van der Waals surface area contributed by atoms with Crippen LogP contribution in [-0.2, 0) is 17.6 Å². The van der Waals surface area contributed by atoms with Gasteiger partial charge in [-0.3, -0.25) is 9.78 Å². The van der Waals surface area contributed by atoms with Gasteiger partial charge >= 0.3 is 5.97 Å². The Morgan fingerprint density at radius 2 is 1.78 bits per heavy atom. The Morgan fingerprint density at radius 3 is 2.56 bits per heavy atom. The van der Waals surface area contributed by atoms with E-state index in [0.717, 1.165) is 74.1 Å². The molecular formula is C29H34N4O3. The third kappa shape index (κ3) is 7.13. The lowest BCUT2D eigenvalue weighted by atomic mass is 10.0. The standard InChI is InChI=1S/C29H34N4O3/c34-28(23-14-12-21(13-15-23)24-9-6-18-30-20-24)33-26(29(35)36)11-5-3-1-2-4-10-25-17-16-22-8-7-19-31-27(22)32-25/h6,9,12-18,20,26H,1-5,7-8,10-11,19H2,(H,31,32)(H,33,34)(H,35,36). The summed E-state index contributed by atoms with van der Waals surface area (Å²) in [5.41, 5.74) is 4.80. The van der Waals surface area contributed by atoms with Crippen molar-refractivity contribution < 1.29 is 14.7 Å². The van der Waals surface area contributed by atoms with Crippen LogP contribution in [0.25, 0.3) is 11.1 Å². The van der Waals surface area contributed by atoms with Gasteiger partial charge in [-0.25, -0.2) is 9.78 Å². The summed E-state index contributed by atoms with van der Waals surface area (Å²) in [5, 5.41) is 15.6. The Balaban J connectivity index is 1.15. The van der Waals surface area contributed by atoms with Crippen molar-refractivity contribution in [3.63, 3.8) is 0 Å². The van der Waals surface area contributed by atoms with Crippen LogP contribution in [0.4, 0.5) is 5.82 Å². The number of carboxylic acids is 1. The van der Waals surface area contributed by atoms with Gasteiger partial charge in [-0.2, -0.15) is 0 Å². The molecule has 0 spiro atoms. The molecule has 3 aromatic rings. The van der Waals surface area contributed by atoms with Crippen LogP contribution in [-0.4, -0.2) is 39.5 Å². The number of benzene rings is 1. The number of carbonyl (C=O) groups is 2. The minimum Gasteiger partial charge on any atom is -0.480 e. The normalized spacial score (nSPS) is 13.3. The second kappa shape index (κ2) is 12.8. The van der Waals surface area contributed by atoms with E-state index in [1.54, 1.807) is 24.5 Å². The van der Waals surface area contributed by atoms with Gasteiger partial charge in [0.2, 0.25) is 0 Å². The number of aromatic nitrogens is 2. The maximum atomic E-state index is 12.6. The van der Waals surface area contributed by atoms with E-state index in [1.807, 2.05) is 24.3 Å². The molecule has 188 valence electrons. The molecule has 1 aliphatic heterocycles. The van der Waals surface area contributed by atoms with Crippen molar-refractivity contribution in [2.75, 3.05) is 11.9 Å². The van der Waals surface area contributed by atoms with Crippen LogP contribution in [0.2, 0.25) is 0 Å². The van der Waals surface area contributed by atoms with Gasteiger partial charge in [0.25, 0.3) is 5.91 Å². The number of aliphatic carboxylic acids is 1. The van der Waals surface area contributed by atoms with Crippen LogP contribution in [0, 0.1) is 0 Å². The van der Waals surface area contributed by atoms with Gasteiger partial charge in [0, 0.05) is 30.2 Å². The van der Waals surface area contributed by atoms with Crippen LogP contribution < -0.4 is 10.6 Å². The van der Waals surface area contributed by atoms with Gasteiger partial charge < -0.3 is 15.7 Å². The summed E-state index contributed by atoms with van der Waals surface area (Å²) in [6.45, 7) is 1.000. The smallest absolute Gasteiger partial charge is 0.326 e. The summed E-state index contributed by atoms with van der Waals surface area (Å²) in [5.74, 6) is -0.320. The molecular weight excluding hydrogens is 452 g/mol. The fraction of sp³-hybridized carbons (Fsp3) is 0.379. The SMILES string of the molecule is O=C(NC(CCCCCCCc1ccc2c(n1)NCCC2)C(=O)O)c1ccc(-c2cccnc2)cc1. The number of hydrogen-bond acceptors (Lipinski definition) is 5. The summed E-state index contributed by atoms with van der Waals surface area (Å²) in [6, 6.07) is 14.4. The number of carboxylic acid groups (broad SMARTS) is 1. The molecule has 3 heterocycles. The van der Waals surface area contributed by atoms with Crippen LogP contribution in [0.3, 0.4) is 0 Å². The van der Waals surface area contributed by atoms with Crippen molar-refractivity contribution in [3.05, 3.63) is 77.7 Å². The van der Waals surface area contributed by atoms with Crippen molar-refractivity contribution >= 4 is 17.7 Å². The Hall–Kier alpha value is -3.74. The van der Waals surface area contributed by atoms with Crippen molar-refractivity contribution in [3.8, 4) is 11.1 Å². The van der Waals surface area contributed by atoms with Gasteiger partial charge in [-0.1, -0.05) is 49.9 Å². The molecule has 1 aliphatic rings. The predicted molar refractivity (Wildman–Crippen MR) is 141 cm³/mol. The summed E-state index contributed by atoms with van der Waals surface area (Å²) in [4.78, 5) is 33.2. The van der Waals surface area contributed by atoms with E-state index in [9.17, 15) is 14.7 Å². The maximum Gasteiger partial charge on any atom is 0.326 e. The Morgan fingerprint density at radius 1 is 0.972 bits per heavy atom. The van der Waals surface area contributed by atoms with E-state index in [4.69, 9.17) is 4.98 Å². The molecule has 1 amide bonds. The van der Waals surface area contributed by atoms with Crippen LogP contribution >= 0.6 is 0 Å². The number of anilines is 1. The molecule has 36 heavy (non-hydrogen) atoms. The molecule has 2 aromatic heterocycles. The Labute approximate surface area is 212 Å². The molecule has 0 aliphatic carbocycles. The molecule has 1 unspecified atom stereocenters. The number of nitrogens with zero attached hydrogens (tertiary/aromatic N) is 2. The van der Waals surface area contributed by atoms with Crippen LogP contribution in [0.1, 0.15) is 66.6 Å². The quantitative estimate of drug-likeness (QED) is 0.301. The van der Waals surface area contributed by atoms with Gasteiger partial charge in [0.15, 0.2) is 0 Å². The summed E-state index contributed by atoms with van der Waals surface area (Å²) in [6.07, 6.45) is 12.0. The minimum absolute atomic E-state index is 0.368. The van der Waals surface area contributed by atoms with Crippen LogP contribution in [0.5, 0.6) is 0 Å². The lowest BCUT2D eigenvalue weighted by Gasteiger charge is -2.17. The number of carbonyl (C=O) groups excluding carboxylic acids is 1. The van der Waals surface area contributed by atoms with Gasteiger partial charge in [-0.15, -0.1) is 0 Å². The fourth-order valence-electron chi connectivity index (χ4n) is 4.54. The second-order valence-electron chi connectivity index (χ2n) is 9.33. The molecule has 0 radical (unpaired) electrons. The fourth-order valence-corrected chi connectivity index (χ4v) is 4.54. The average molecular weight is 487 g/mol. The van der Waals surface area contributed by atoms with E-state index in [0.29, 0.717) is 12.0 Å². The largest absolute Gasteiger partial charge is 0.480 e. The first-order chi connectivity index (χ1) is 17.6. The third-order valence-electron chi connectivity index (χ3n) is 6.62. The number of aryl methyl sites for hydroxylation is 2. The zero-order chi connectivity index (χ0) is 25.2. The first kappa shape index (κ1) is 25.4. The highest BCUT2D eigenvalue weighted by Gasteiger charge is 2.20. The summed E-state index contributed by atoms with van der Waals surface area (Å²) < 4.78 is 0. The molecule has 4 rings (SSSR count). The van der Waals surface area contributed by atoms with E-state index in [1.165, 1.54) is 12.0 Å². The van der Waals surface area contributed by atoms with Crippen molar-refractivity contribution in [2.24, 2.45) is 0 Å². The zero-order valence-corrected chi connectivity index (χ0v) is 20.6. The lowest BCUT2D eigenvalue weighted by Crippen LogP contribution is -2.40. The number of hydrogen-bond donors (Lipinski definition) is 3. The third-order valence-corrected chi connectivity index (χ3v) is 6.62. The average Bonchev–Trinajstić information content (AvgIpc) is 2.92. The predicted octanol–water partition coefficient (Wildman–Crippen LogP) is 5.27. The Kier molecular flexibility index (Phi) is 9.03. The molecule has 7 nitrogen and oxygen atoms in total. The number of pyridine rings is 2. The topological polar surface area (TPSA) is 104 Å². The number of unbranched alkanes of at least 4 members (excludes halogenated alkanes) is 4. The summed E-state index contributed by atoms with van der Waals surface area (Å²) >= 11 is 0. The van der Waals surface area contributed by atoms with Crippen molar-refractivity contribution in [1.29, 1.82) is 0 Å². The van der Waals surface area contributed by atoms with Crippen LogP contribution in [0.15, 0.2) is 60.9 Å². The molecule has 1 aromatic carbocycles. The van der Waals surface area contributed by atoms with E-state index in [-0.39, 0.29) is 5.91 Å². The molecule has 0 saturated heterocycles. The van der Waals surface area contributed by atoms with Crippen molar-refractivity contribution in [1.82, 2.24) is 15.3 Å². The van der Waals surface area contributed by atoms with Gasteiger partial charge in [0.05, 0.1) is 0 Å². The lowest BCUT2D eigenvalue weighted by molar-refractivity contribution is -0.139. The highest BCUT2D eigenvalue weighted by atomic mass is 16.4. The van der Waals surface area contributed by atoms with E-state index >= 15 is 0 Å². The number of rotatable bonds is 12. The monoisotopic (exact) mass is 486 g/mol. The highest BCUT2D eigenvalue weighted by Crippen LogP contribution is 2.21. The molecule has 7 heteroatoms. The van der Waals surface area contributed by atoms with Gasteiger partial charge in [-0.05, 0) is 73.1 Å². The van der Waals surface area contributed by atoms with Crippen molar-refractivity contribution in [2.45, 2.75) is 63.8 Å². The Bertz CT molecular complexity index is 1150. The first-order valence-corrected chi connectivity index (χ1v) is 12.9. The van der Waals surface area contributed by atoms with E-state index in [2.05, 4.69) is 27.8 Å². The van der Waals surface area contributed by atoms with E-state index < -0.39 is 12.0 Å². The molecule has 1 atom stereocenters. The number of nitrogens with one attached hydrogen (secondary N) is 2. The second-order valence-corrected chi connectivity index (χ2v) is 9.33.